The van der Waals surface area contributed by atoms with Crippen molar-refractivity contribution < 1.29 is 14.8 Å². The van der Waals surface area contributed by atoms with E-state index in [-0.39, 0.29) is 5.91 Å². The first kappa shape index (κ1) is 16.8. The van der Waals surface area contributed by atoms with Crippen LogP contribution >= 0.6 is 0 Å². The molecule has 4 rings (SSSR count). The number of carbonyl (C=O) groups excluding carboxylic acids is 2. The predicted octanol–water partition coefficient (Wildman–Crippen LogP) is 3.03. The Morgan fingerprint density at radius 1 is 1.15 bits per heavy atom. The van der Waals surface area contributed by atoms with Gasteiger partial charge in [-0.3, -0.25) is 14.8 Å². The zero-order valence-corrected chi connectivity index (χ0v) is 14.8. The number of benzene rings is 2. The van der Waals surface area contributed by atoms with Crippen LogP contribution in [0, 0.1) is 12.3 Å². The standard InChI is InChI=1S/C21H22N2O3/c1-14-5-7-16(8-6-14)23-12-11-21(20(23)25)10-9-15-3-2-4-17(18(15)13-21)19(24)22-26/h2-8,26H,9-13H2,1H3,(H,22,24). The average Bonchev–Trinajstić information content (AvgIpc) is 2.97. The molecule has 2 aromatic rings. The van der Waals surface area contributed by atoms with Gasteiger partial charge in [0.1, 0.15) is 0 Å². The molecule has 0 aromatic heterocycles. The number of aryl methyl sites for hydroxylation is 2. The second-order valence-electron chi connectivity index (χ2n) is 7.38. The quantitative estimate of drug-likeness (QED) is 0.646. The predicted molar refractivity (Wildman–Crippen MR) is 98.3 cm³/mol. The average molecular weight is 350 g/mol. The van der Waals surface area contributed by atoms with Crippen molar-refractivity contribution in [2.24, 2.45) is 5.41 Å². The molecule has 0 bridgehead atoms. The summed E-state index contributed by atoms with van der Waals surface area (Å²) in [5.41, 5.74) is 5.83. The van der Waals surface area contributed by atoms with Gasteiger partial charge in [-0.15, -0.1) is 0 Å². The number of rotatable bonds is 2. The van der Waals surface area contributed by atoms with Crippen LogP contribution in [0.2, 0.25) is 0 Å². The zero-order chi connectivity index (χ0) is 18.3. The number of nitrogens with zero attached hydrogens (tertiary/aromatic N) is 1. The Labute approximate surface area is 152 Å². The van der Waals surface area contributed by atoms with E-state index >= 15 is 0 Å². The van der Waals surface area contributed by atoms with Crippen molar-refractivity contribution >= 4 is 17.5 Å². The first-order valence-electron chi connectivity index (χ1n) is 8.98. The summed E-state index contributed by atoms with van der Waals surface area (Å²) < 4.78 is 0. The van der Waals surface area contributed by atoms with Crippen LogP contribution in [0.1, 0.15) is 39.9 Å². The van der Waals surface area contributed by atoms with Gasteiger partial charge in [-0.25, -0.2) is 5.48 Å². The smallest absolute Gasteiger partial charge is 0.274 e. The van der Waals surface area contributed by atoms with Crippen molar-refractivity contribution in [3.8, 4) is 0 Å². The zero-order valence-electron chi connectivity index (χ0n) is 14.8. The molecule has 1 heterocycles. The molecule has 2 N–H and O–H groups in total. The maximum absolute atomic E-state index is 13.3. The molecule has 1 aliphatic heterocycles. The Kier molecular flexibility index (Phi) is 4.04. The second kappa shape index (κ2) is 6.25. The van der Waals surface area contributed by atoms with Gasteiger partial charge in [0.15, 0.2) is 0 Å². The Balaban J connectivity index is 1.67. The van der Waals surface area contributed by atoms with Crippen molar-refractivity contribution in [1.82, 2.24) is 5.48 Å². The van der Waals surface area contributed by atoms with Gasteiger partial charge in [-0.2, -0.15) is 0 Å². The summed E-state index contributed by atoms with van der Waals surface area (Å²) in [6.07, 6.45) is 2.90. The van der Waals surface area contributed by atoms with Crippen molar-refractivity contribution in [3.63, 3.8) is 0 Å². The summed E-state index contributed by atoms with van der Waals surface area (Å²) in [5.74, 6) is -0.369. The highest BCUT2D eigenvalue weighted by Crippen LogP contribution is 2.45. The largest absolute Gasteiger partial charge is 0.312 e. The minimum atomic E-state index is -0.514. The van der Waals surface area contributed by atoms with Gasteiger partial charge in [0, 0.05) is 17.8 Å². The number of carbonyl (C=O) groups is 2. The third-order valence-corrected chi connectivity index (χ3v) is 5.87. The lowest BCUT2D eigenvalue weighted by Crippen LogP contribution is -2.39. The normalized spacial score (nSPS) is 21.8. The van der Waals surface area contributed by atoms with E-state index in [0.29, 0.717) is 18.5 Å². The van der Waals surface area contributed by atoms with E-state index in [1.165, 1.54) is 5.56 Å². The van der Waals surface area contributed by atoms with Gasteiger partial charge in [0.25, 0.3) is 5.91 Å². The van der Waals surface area contributed by atoms with Crippen molar-refractivity contribution in [1.29, 1.82) is 0 Å². The molecule has 5 nitrogen and oxygen atoms in total. The number of hydrogen-bond donors (Lipinski definition) is 2. The molecule has 2 amide bonds. The molecule has 1 spiro atoms. The number of hydroxylamine groups is 1. The molecule has 26 heavy (non-hydrogen) atoms. The number of nitrogens with one attached hydrogen (secondary N) is 1. The fraction of sp³-hybridized carbons (Fsp3) is 0.333. The lowest BCUT2D eigenvalue weighted by atomic mass is 9.69. The van der Waals surface area contributed by atoms with Crippen LogP contribution in [0.3, 0.4) is 0 Å². The van der Waals surface area contributed by atoms with Crippen LogP contribution in [0.5, 0.6) is 0 Å². The number of fused-ring (bicyclic) bond motifs is 1. The van der Waals surface area contributed by atoms with E-state index in [0.717, 1.165) is 36.1 Å². The monoisotopic (exact) mass is 350 g/mol. The molecule has 1 atom stereocenters. The minimum absolute atomic E-state index is 0.145. The van der Waals surface area contributed by atoms with Gasteiger partial charge in [0.05, 0.1) is 5.41 Å². The van der Waals surface area contributed by atoms with Gasteiger partial charge in [-0.1, -0.05) is 29.8 Å². The van der Waals surface area contributed by atoms with E-state index in [4.69, 9.17) is 5.21 Å². The Morgan fingerprint density at radius 2 is 1.92 bits per heavy atom. The lowest BCUT2D eigenvalue weighted by Gasteiger charge is -2.34. The van der Waals surface area contributed by atoms with Crippen LogP contribution in [0.25, 0.3) is 0 Å². The second-order valence-corrected chi connectivity index (χ2v) is 7.38. The van der Waals surface area contributed by atoms with Gasteiger partial charge >= 0.3 is 0 Å². The number of anilines is 1. The fourth-order valence-corrected chi connectivity index (χ4v) is 4.34. The summed E-state index contributed by atoms with van der Waals surface area (Å²) in [6, 6.07) is 13.6. The molecule has 2 aliphatic rings. The highest BCUT2D eigenvalue weighted by molar-refractivity contribution is 6.01. The summed E-state index contributed by atoms with van der Waals surface area (Å²) in [5, 5.41) is 9.04. The maximum atomic E-state index is 13.3. The van der Waals surface area contributed by atoms with Crippen LogP contribution in [-0.2, 0) is 17.6 Å². The van der Waals surface area contributed by atoms with Crippen LogP contribution in [0.4, 0.5) is 5.69 Å². The Morgan fingerprint density at radius 3 is 2.65 bits per heavy atom. The molecular weight excluding hydrogens is 328 g/mol. The van der Waals surface area contributed by atoms with Crippen LogP contribution in [-0.4, -0.2) is 23.6 Å². The van der Waals surface area contributed by atoms with E-state index < -0.39 is 11.3 Å². The molecule has 0 saturated carbocycles. The van der Waals surface area contributed by atoms with Crippen molar-refractivity contribution in [2.75, 3.05) is 11.4 Å². The van der Waals surface area contributed by atoms with E-state index in [1.807, 2.05) is 48.2 Å². The maximum Gasteiger partial charge on any atom is 0.274 e. The summed E-state index contributed by atoms with van der Waals surface area (Å²) >= 11 is 0. The summed E-state index contributed by atoms with van der Waals surface area (Å²) in [4.78, 5) is 27.2. The third-order valence-electron chi connectivity index (χ3n) is 5.87. The first-order valence-corrected chi connectivity index (χ1v) is 8.98. The van der Waals surface area contributed by atoms with Gasteiger partial charge in [-0.05, 0) is 61.9 Å². The highest BCUT2D eigenvalue weighted by Gasteiger charge is 2.49. The molecule has 2 aromatic carbocycles. The molecule has 134 valence electrons. The number of amides is 2. The van der Waals surface area contributed by atoms with E-state index in [9.17, 15) is 9.59 Å². The molecule has 5 heteroatoms. The Hall–Kier alpha value is -2.66. The number of hydrogen-bond acceptors (Lipinski definition) is 3. The van der Waals surface area contributed by atoms with Crippen LogP contribution < -0.4 is 10.4 Å². The Bertz CT molecular complexity index is 875. The van der Waals surface area contributed by atoms with Gasteiger partial charge in [0.2, 0.25) is 5.91 Å². The summed E-state index contributed by atoms with van der Waals surface area (Å²) in [7, 11) is 0. The minimum Gasteiger partial charge on any atom is -0.312 e. The topological polar surface area (TPSA) is 69.6 Å². The highest BCUT2D eigenvalue weighted by atomic mass is 16.5. The SMILES string of the molecule is Cc1ccc(N2CCC3(CCc4cccc(C(=O)NO)c4C3)C2=O)cc1. The molecule has 1 aliphatic carbocycles. The third kappa shape index (κ3) is 2.59. The van der Waals surface area contributed by atoms with Gasteiger partial charge < -0.3 is 4.90 Å². The molecule has 1 saturated heterocycles. The molecular formula is C21H22N2O3. The van der Waals surface area contributed by atoms with Crippen molar-refractivity contribution in [2.45, 2.75) is 32.6 Å². The fourth-order valence-electron chi connectivity index (χ4n) is 4.34. The molecule has 1 unspecified atom stereocenters. The summed E-state index contributed by atoms with van der Waals surface area (Å²) in [6.45, 7) is 2.73. The molecule has 1 fully saturated rings. The van der Waals surface area contributed by atoms with Crippen molar-refractivity contribution in [3.05, 3.63) is 64.7 Å². The van der Waals surface area contributed by atoms with Crippen LogP contribution in [0.15, 0.2) is 42.5 Å². The lowest BCUT2D eigenvalue weighted by molar-refractivity contribution is -0.126. The van der Waals surface area contributed by atoms with E-state index in [1.54, 1.807) is 11.5 Å². The van der Waals surface area contributed by atoms with E-state index in [2.05, 4.69) is 0 Å². The first-order chi connectivity index (χ1) is 12.5. The molecule has 0 radical (unpaired) electrons.